The van der Waals surface area contributed by atoms with Gasteiger partial charge in [-0.05, 0) is 68.3 Å². The van der Waals surface area contributed by atoms with E-state index in [1.54, 1.807) is 4.68 Å². The van der Waals surface area contributed by atoms with Crippen LogP contribution in [0.1, 0.15) is 62.3 Å². The Labute approximate surface area is 280 Å². The van der Waals surface area contributed by atoms with Crippen molar-refractivity contribution >= 4 is 47.4 Å². The van der Waals surface area contributed by atoms with Crippen molar-refractivity contribution in [3.05, 3.63) is 70.0 Å². The Morgan fingerprint density at radius 3 is 2.70 bits per heavy atom. The van der Waals surface area contributed by atoms with Gasteiger partial charge >= 0.3 is 0 Å². The number of hydrogen-bond donors (Lipinski definition) is 2. The molecule has 2 amide bonds. The van der Waals surface area contributed by atoms with E-state index in [9.17, 15) is 19.5 Å². The van der Waals surface area contributed by atoms with Crippen LogP contribution in [-0.2, 0) is 39.4 Å². The number of aliphatic hydroxyl groups excluding tert-OH is 1. The summed E-state index contributed by atoms with van der Waals surface area (Å²) in [6.07, 6.45) is 7.12. The lowest BCUT2D eigenvalue weighted by molar-refractivity contribution is -0.146. The van der Waals surface area contributed by atoms with E-state index in [0.29, 0.717) is 44.6 Å². The van der Waals surface area contributed by atoms with Gasteiger partial charge in [-0.25, -0.2) is 0 Å². The fourth-order valence-electron chi connectivity index (χ4n) is 7.85. The highest BCUT2D eigenvalue weighted by Gasteiger charge is 2.66. The van der Waals surface area contributed by atoms with E-state index in [2.05, 4.69) is 26.2 Å². The molecule has 0 saturated carbocycles. The number of ether oxygens (including phenoxy) is 1. The summed E-state index contributed by atoms with van der Waals surface area (Å²) in [7, 11) is -2.81. The number of halogens is 1. The van der Waals surface area contributed by atoms with Crippen molar-refractivity contribution in [2.75, 3.05) is 23.0 Å². The van der Waals surface area contributed by atoms with E-state index in [0.717, 1.165) is 52.7 Å². The maximum Gasteiger partial charge on any atom is 0.264 e. The number of anilines is 2. The SMILES string of the molecule is C[C@H]1[C@H]([Si](C)(C)O)[C@@H](CCn2cc(CCO)nn2)O[C@]12C(=O)N(Cc1cccc(N3CCCCCCC3=O)c1)c1ccc(Br)cc12. The average Bonchev–Trinajstić information content (AvgIpc) is 3.64. The first-order valence-electron chi connectivity index (χ1n) is 16.4. The van der Waals surface area contributed by atoms with Crippen molar-refractivity contribution in [1.82, 2.24) is 15.0 Å². The predicted octanol–water partition coefficient (Wildman–Crippen LogP) is 5.31. The molecule has 0 bridgehead atoms. The summed E-state index contributed by atoms with van der Waals surface area (Å²) in [4.78, 5) is 43.1. The summed E-state index contributed by atoms with van der Waals surface area (Å²) in [6, 6.07) is 13.9. The van der Waals surface area contributed by atoms with Gasteiger partial charge in [0.25, 0.3) is 5.91 Å². The molecule has 1 aromatic heterocycles. The molecule has 3 aliphatic heterocycles. The topological polar surface area (TPSA) is 121 Å². The fraction of sp³-hybridized carbons (Fsp3) is 0.529. The van der Waals surface area contributed by atoms with E-state index in [4.69, 9.17) is 4.74 Å². The van der Waals surface area contributed by atoms with Crippen molar-refractivity contribution in [1.29, 1.82) is 0 Å². The van der Waals surface area contributed by atoms with Crippen molar-refractivity contribution in [2.24, 2.45) is 5.92 Å². The molecular weight excluding hydrogens is 666 g/mol. The van der Waals surface area contributed by atoms with E-state index >= 15 is 0 Å². The molecule has 246 valence electrons. The van der Waals surface area contributed by atoms with E-state index < -0.39 is 13.9 Å². The Kier molecular flexibility index (Phi) is 9.55. The van der Waals surface area contributed by atoms with E-state index in [1.165, 1.54) is 0 Å². The first kappa shape index (κ1) is 33.0. The van der Waals surface area contributed by atoms with Crippen LogP contribution in [0.15, 0.2) is 53.1 Å². The van der Waals surface area contributed by atoms with Crippen LogP contribution in [0.4, 0.5) is 11.4 Å². The highest BCUT2D eigenvalue weighted by molar-refractivity contribution is 9.10. The molecule has 4 atom stereocenters. The number of aliphatic hydroxyl groups is 1. The zero-order valence-electron chi connectivity index (χ0n) is 26.9. The molecule has 12 heteroatoms. The number of fused-ring (bicyclic) bond motifs is 2. The van der Waals surface area contributed by atoms with Crippen LogP contribution in [0, 0.1) is 5.92 Å². The normalized spacial score (nSPS) is 25.3. The molecule has 4 heterocycles. The van der Waals surface area contributed by atoms with Crippen LogP contribution in [-0.4, -0.2) is 64.3 Å². The van der Waals surface area contributed by atoms with Gasteiger partial charge in [-0.15, -0.1) is 5.10 Å². The summed E-state index contributed by atoms with van der Waals surface area (Å²) in [5.74, 6) is -0.252. The summed E-state index contributed by atoms with van der Waals surface area (Å²) in [5, 5.41) is 17.6. The number of aromatic nitrogens is 3. The molecule has 46 heavy (non-hydrogen) atoms. The third kappa shape index (κ3) is 6.22. The second kappa shape index (κ2) is 13.3. The molecule has 2 fully saturated rings. The first-order valence-corrected chi connectivity index (χ1v) is 20.3. The van der Waals surface area contributed by atoms with Crippen LogP contribution in [0.25, 0.3) is 0 Å². The second-order valence-corrected chi connectivity index (χ2v) is 18.4. The predicted molar refractivity (Wildman–Crippen MR) is 182 cm³/mol. The molecule has 10 nitrogen and oxygen atoms in total. The second-order valence-electron chi connectivity index (χ2n) is 13.5. The molecule has 0 radical (unpaired) electrons. The van der Waals surface area contributed by atoms with Gasteiger partial charge in [-0.1, -0.05) is 53.0 Å². The van der Waals surface area contributed by atoms with Crippen LogP contribution in [0.5, 0.6) is 0 Å². The zero-order chi connectivity index (χ0) is 32.6. The van der Waals surface area contributed by atoms with Gasteiger partial charge in [0.15, 0.2) is 13.9 Å². The molecule has 6 rings (SSSR count). The molecule has 0 unspecified atom stereocenters. The molecular formula is C34H44BrN5O5Si. The summed E-state index contributed by atoms with van der Waals surface area (Å²) in [6.45, 7) is 7.46. The first-order chi connectivity index (χ1) is 22.0. The van der Waals surface area contributed by atoms with Crippen LogP contribution >= 0.6 is 15.9 Å². The summed E-state index contributed by atoms with van der Waals surface area (Å²) < 4.78 is 9.56. The number of aryl methyl sites for hydroxylation is 1. The highest BCUT2D eigenvalue weighted by Crippen LogP contribution is 2.60. The van der Waals surface area contributed by atoms with Gasteiger partial charge in [0.2, 0.25) is 5.91 Å². The molecule has 3 aromatic rings. The molecule has 0 aliphatic carbocycles. The lowest BCUT2D eigenvalue weighted by atomic mass is 9.82. The maximum atomic E-state index is 14.8. The van der Waals surface area contributed by atoms with Gasteiger partial charge in [0.05, 0.1) is 24.0 Å². The third-order valence-corrected chi connectivity index (χ3v) is 12.9. The molecule has 3 aliphatic rings. The highest BCUT2D eigenvalue weighted by atomic mass is 79.9. The standard InChI is InChI=1S/C34H44BrN5O5Si/c1-23-32(46(2,3)44)30(14-17-38-22-26(15-18-41)36-37-38)45-34(23)28-20-25(35)12-13-29(28)40(33(34)43)21-24-9-8-10-27(19-24)39-16-7-5-4-6-11-31(39)42/h8-10,12-13,19-20,22-23,30,32,41,44H,4-7,11,14-18,21H2,1-3H3/t23-,30+,32-,34+/m0/s1. The van der Waals surface area contributed by atoms with Crippen LogP contribution in [0.3, 0.4) is 0 Å². The largest absolute Gasteiger partial charge is 0.432 e. The lowest BCUT2D eigenvalue weighted by Crippen LogP contribution is -2.46. The Hall–Kier alpha value is -2.90. The number of hydrogen-bond acceptors (Lipinski definition) is 7. The van der Waals surface area contributed by atoms with Gasteiger partial charge in [-0.2, -0.15) is 0 Å². The van der Waals surface area contributed by atoms with Gasteiger partial charge in [0.1, 0.15) is 0 Å². The number of amides is 2. The van der Waals surface area contributed by atoms with Crippen molar-refractivity contribution < 1.29 is 24.2 Å². The summed E-state index contributed by atoms with van der Waals surface area (Å²) in [5.41, 5.74) is 2.68. The maximum absolute atomic E-state index is 14.8. The molecule has 2 saturated heterocycles. The average molecular weight is 711 g/mol. The minimum atomic E-state index is -2.81. The van der Waals surface area contributed by atoms with Crippen molar-refractivity contribution in [2.45, 2.75) is 95.3 Å². The third-order valence-electron chi connectivity index (χ3n) is 9.93. The number of carbonyl (C=O) groups excluding carboxylic acids is 2. The molecule has 2 aromatic carbocycles. The van der Waals surface area contributed by atoms with Crippen LogP contribution in [0.2, 0.25) is 18.6 Å². The number of rotatable bonds is 9. The Balaban J connectivity index is 1.31. The minimum Gasteiger partial charge on any atom is -0.432 e. The van der Waals surface area contributed by atoms with Gasteiger partial charge < -0.3 is 24.4 Å². The Morgan fingerprint density at radius 1 is 1.11 bits per heavy atom. The fourth-order valence-corrected chi connectivity index (χ4v) is 10.8. The smallest absolute Gasteiger partial charge is 0.264 e. The van der Waals surface area contributed by atoms with Crippen LogP contribution < -0.4 is 9.80 Å². The van der Waals surface area contributed by atoms with Gasteiger partial charge in [-0.3, -0.25) is 14.3 Å². The Bertz CT molecular complexity index is 1590. The van der Waals surface area contributed by atoms with E-state index in [-0.39, 0.29) is 36.0 Å². The lowest BCUT2D eigenvalue weighted by Gasteiger charge is -2.32. The van der Waals surface area contributed by atoms with Crippen molar-refractivity contribution in [3.63, 3.8) is 0 Å². The van der Waals surface area contributed by atoms with Crippen molar-refractivity contribution in [3.8, 4) is 0 Å². The molecule has 2 N–H and O–H groups in total. The summed E-state index contributed by atoms with van der Waals surface area (Å²) >= 11 is 3.64. The Morgan fingerprint density at radius 2 is 1.91 bits per heavy atom. The zero-order valence-corrected chi connectivity index (χ0v) is 29.4. The van der Waals surface area contributed by atoms with Gasteiger partial charge in [0, 0.05) is 65.9 Å². The minimum absolute atomic E-state index is 0.00505. The number of nitrogens with zero attached hydrogens (tertiary/aromatic N) is 5. The quantitative estimate of drug-likeness (QED) is 0.289. The monoisotopic (exact) mass is 709 g/mol. The number of carbonyl (C=O) groups is 2. The van der Waals surface area contributed by atoms with E-state index in [1.807, 2.05) is 78.5 Å². The number of benzene rings is 2. The molecule has 1 spiro atoms.